The van der Waals surface area contributed by atoms with Gasteiger partial charge in [0.25, 0.3) is 0 Å². The molecule has 0 amide bonds. The highest BCUT2D eigenvalue weighted by molar-refractivity contribution is 14.0. The van der Waals surface area contributed by atoms with Crippen LogP contribution in [0.4, 0.5) is 13.2 Å². The Bertz CT molecular complexity index is 775. The second-order valence-corrected chi connectivity index (χ2v) is 8.14. The SMILES string of the molecule is CN=C(NCCc1nc(C(F)(F)F)cs1)NCCN1CCc2sccc2C1.I. The van der Waals surface area contributed by atoms with Crippen molar-refractivity contribution >= 4 is 52.6 Å². The zero-order valence-corrected chi connectivity index (χ0v) is 19.3. The lowest BCUT2D eigenvalue weighted by molar-refractivity contribution is -0.140. The van der Waals surface area contributed by atoms with E-state index in [1.54, 1.807) is 7.05 Å². The molecule has 0 saturated carbocycles. The van der Waals surface area contributed by atoms with Crippen molar-refractivity contribution < 1.29 is 13.2 Å². The first-order chi connectivity index (χ1) is 13.0. The normalized spacial score (nSPS) is 15.1. The van der Waals surface area contributed by atoms with Gasteiger partial charge in [-0.1, -0.05) is 0 Å². The van der Waals surface area contributed by atoms with Crippen molar-refractivity contribution in [3.8, 4) is 0 Å². The first-order valence-corrected chi connectivity index (χ1v) is 10.5. The lowest BCUT2D eigenvalue weighted by Crippen LogP contribution is -2.43. The number of nitrogens with zero attached hydrogens (tertiary/aromatic N) is 3. The molecule has 0 unspecified atom stereocenters. The molecular weight excluding hydrogens is 522 g/mol. The van der Waals surface area contributed by atoms with E-state index in [2.05, 4.69) is 37.0 Å². The molecule has 3 rings (SSSR count). The molecule has 0 bridgehead atoms. The van der Waals surface area contributed by atoms with Crippen molar-refractivity contribution in [1.82, 2.24) is 20.5 Å². The van der Waals surface area contributed by atoms with Crippen LogP contribution in [0.5, 0.6) is 0 Å². The van der Waals surface area contributed by atoms with Crippen LogP contribution in [-0.4, -0.2) is 49.1 Å². The van der Waals surface area contributed by atoms with Crippen LogP contribution in [0.2, 0.25) is 0 Å². The number of guanidine groups is 1. The van der Waals surface area contributed by atoms with Crippen LogP contribution < -0.4 is 10.6 Å². The van der Waals surface area contributed by atoms with Gasteiger partial charge in [0.15, 0.2) is 11.7 Å². The molecule has 2 aromatic rings. The van der Waals surface area contributed by atoms with Gasteiger partial charge in [-0.25, -0.2) is 4.98 Å². The molecule has 28 heavy (non-hydrogen) atoms. The van der Waals surface area contributed by atoms with Crippen molar-refractivity contribution in [2.45, 2.75) is 25.6 Å². The topological polar surface area (TPSA) is 52.6 Å². The van der Waals surface area contributed by atoms with Gasteiger partial charge in [0.1, 0.15) is 0 Å². The Hall–Kier alpha value is -0.920. The smallest absolute Gasteiger partial charge is 0.356 e. The molecule has 1 aliphatic rings. The zero-order chi connectivity index (χ0) is 19.3. The highest BCUT2D eigenvalue weighted by atomic mass is 127. The summed E-state index contributed by atoms with van der Waals surface area (Å²) in [6.07, 6.45) is -2.85. The van der Waals surface area contributed by atoms with E-state index < -0.39 is 11.9 Å². The van der Waals surface area contributed by atoms with Gasteiger partial charge in [-0.2, -0.15) is 13.2 Å². The Morgan fingerprint density at radius 1 is 1.29 bits per heavy atom. The molecule has 156 valence electrons. The summed E-state index contributed by atoms with van der Waals surface area (Å²) in [7, 11) is 1.68. The second kappa shape index (κ2) is 10.7. The van der Waals surface area contributed by atoms with Crippen molar-refractivity contribution in [3.63, 3.8) is 0 Å². The summed E-state index contributed by atoms with van der Waals surface area (Å²) in [4.78, 5) is 11.7. The van der Waals surface area contributed by atoms with E-state index >= 15 is 0 Å². The van der Waals surface area contributed by atoms with Gasteiger partial charge >= 0.3 is 6.18 Å². The summed E-state index contributed by atoms with van der Waals surface area (Å²) >= 11 is 2.86. The summed E-state index contributed by atoms with van der Waals surface area (Å²) in [5.74, 6) is 0.649. The highest BCUT2D eigenvalue weighted by Crippen LogP contribution is 2.30. The summed E-state index contributed by atoms with van der Waals surface area (Å²) in [5, 5.41) is 10.0. The van der Waals surface area contributed by atoms with Crippen LogP contribution in [0.15, 0.2) is 21.8 Å². The molecule has 0 atom stereocenters. The van der Waals surface area contributed by atoms with E-state index in [0.717, 1.165) is 49.3 Å². The minimum absolute atomic E-state index is 0. The van der Waals surface area contributed by atoms with E-state index in [1.807, 2.05) is 11.3 Å². The lowest BCUT2D eigenvalue weighted by Gasteiger charge is -2.27. The molecule has 0 aliphatic carbocycles. The fourth-order valence-corrected chi connectivity index (χ4v) is 4.59. The number of aromatic nitrogens is 1. The van der Waals surface area contributed by atoms with Crippen molar-refractivity contribution in [2.24, 2.45) is 4.99 Å². The fraction of sp³-hybridized carbons (Fsp3) is 0.529. The Balaban J connectivity index is 0.00000280. The highest BCUT2D eigenvalue weighted by Gasteiger charge is 2.33. The van der Waals surface area contributed by atoms with Gasteiger partial charge in [0, 0.05) is 56.4 Å². The van der Waals surface area contributed by atoms with Crippen LogP contribution >= 0.6 is 46.7 Å². The molecular formula is C17H23F3IN5S2. The van der Waals surface area contributed by atoms with Gasteiger partial charge in [-0.3, -0.25) is 9.89 Å². The summed E-state index contributed by atoms with van der Waals surface area (Å²) in [5.41, 5.74) is 0.607. The quantitative estimate of drug-likeness (QED) is 0.331. The number of alkyl halides is 3. The number of aliphatic imine (C=N–C) groups is 1. The fourth-order valence-electron chi connectivity index (χ4n) is 2.89. The van der Waals surface area contributed by atoms with E-state index in [0.29, 0.717) is 23.9 Å². The molecule has 2 N–H and O–H groups in total. The van der Waals surface area contributed by atoms with Crippen molar-refractivity contribution in [3.05, 3.63) is 38.0 Å². The minimum Gasteiger partial charge on any atom is -0.356 e. The largest absolute Gasteiger partial charge is 0.434 e. The Labute approximate surface area is 187 Å². The molecule has 2 aromatic heterocycles. The number of rotatable bonds is 6. The molecule has 3 heterocycles. The monoisotopic (exact) mass is 545 g/mol. The number of fused-ring (bicyclic) bond motifs is 1. The third-order valence-corrected chi connectivity index (χ3v) is 6.24. The molecule has 0 fully saturated rings. The standard InChI is InChI=1S/C17H22F3N5S2.HI/c1-21-16(22-5-2-15-24-14(11-27-15)17(18,19)20)23-6-8-25-7-3-13-12(10-25)4-9-26-13;/h4,9,11H,2-3,5-8,10H2,1H3,(H2,21,22,23);1H. The zero-order valence-electron chi connectivity index (χ0n) is 15.4. The third-order valence-electron chi connectivity index (χ3n) is 4.30. The van der Waals surface area contributed by atoms with Gasteiger partial charge < -0.3 is 10.6 Å². The minimum atomic E-state index is -4.38. The van der Waals surface area contributed by atoms with E-state index in [1.165, 1.54) is 10.4 Å². The van der Waals surface area contributed by atoms with E-state index in [4.69, 9.17) is 0 Å². The number of halogens is 4. The van der Waals surface area contributed by atoms with Gasteiger partial charge in [-0.15, -0.1) is 46.7 Å². The number of thiophene rings is 1. The van der Waals surface area contributed by atoms with Crippen LogP contribution in [-0.2, 0) is 25.6 Å². The van der Waals surface area contributed by atoms with E-state index in [9.17, 15) is 13.2 Å². The molecule has 0 aromatic carbocycles. The van der Waals surface area contributed by atoms with E-state index in [-0.39, 0.29) is 24.0 Å². The second-order valence-electron chi connectivity index (χ2n) is 6.20. The first kappa shape index (κ1) is 23.4. The number of hydrogen-bond donors (Lipinski definition) is 2. The number of hydrogen-bond acceptors (Lipinski definition) is 5. The molecule has 0 saturated heterocycles. The van der Waals surface area contributed by atoms with Crippen LogP contribution in [0.1, 0.15) is 21.1 Å². The predicted molar refractivity (Wildman–Crippen MR) is 119 cm³/mol. The molecule has 5 nitrogen and oxygen atoms in total. The summed E-state index contributed by atoms with van der Waals surface area (Å²) in [6, 6.07) is 2.20. The lowest BCUT2D eigenvalue weighted by atomic mass is 10.1. The maximum Gasteiger partial charge on any atom is 0.434 e. The Morgan fingerprint density at radius 2 is 2.07 bits per heavy atom. The number of nitrogens with one attached hydrogen (secondary N) is 2. The maximum absolute atomic E-state index is 12.6. The first-order valence-electron chi connectivity index (χ1n) is 8.69. The molecule has 0 radical (unpaired) electrons. The van der Waals surface area contributed by atoms with Crippen molar-refractivity contribution in [1.29, 1.82) is 0 Å². The van der Waals surface area contributed by atoms with Gasteiger partial charge in [0.2, 0.25) is 0 Å². The van der Waals surface area contributed by atoms with Crippen LogP contribution in [0.3, 0.4) is 0 Å². The van der Waals surface area contributed by atoms with Crippen LogP contribution in [0, 0.1) is 0 Å². The molecule has 11 heteroatoms. The molecule has 0 spiro atoms. The maximum atomic E-state index is 12.6. The average Bonchev–Trinajstić information content (AvgIpc) is 3.28. The Morgan fingerprint density at radius 3 is 2.79 bits per heavy atom. The van der Waals surface area contributed by atoms with Crippen LogP contribution in [0.25, 0.3) is 0 Å². The summed E-state index contributed by atoms with van der Waals surface area (Å²) < 4.78 is 37.7. The number of thiazole rings is 1. The summed E-state index contributed by atoms with van der Waals surface area (Å²) in [6.45, 7) is 4.20. The van der Waals surface area contributed by atoms with Gasteiger partial charge in [0.05, 0.1) is 5.01 Å². The average molecular weight is 545 g/mol. The predicted octanol–water partition coefficient (Wildman–Crippen LogP) is 3.61. The Kier molecular flexibility index (Phi) is 8.96. The van der Waals surface area contributed by atoms with Gasteiger partial charge in [-0.05, 0) is 23.4 Å². The van der Waals surface area contributed by atoms with Crippen molar-refractivity contribution in [2.75, 3.05) is 33.2 Å². The molecule has 1 aliphatic heterocycles. The third kappa shape index (κ3) is 6.56.